The molecule has 1 atom stereocenters. The maximum absolute atomic E-state index is 12.4. The van der Waals surface area contributed by atoms with E-state index in [9.17, 15) is 9.59 Å². The second kappa shape index (κ2) is 5.63. The molecule has 6 heteroatoms. The zero-order valence-electron chi connectivity index (χ0n) is 12.5. The van der Waals surface area contributed by atoms with Crippen LogP contribution in [0.3, 0.4) is 0 Å². The highest BCUT2D eigenvalue weighted by Gasteiger charge is 2.14. The topological polar surface area (TPSA) is 77.1 Å². The van der Waals surface area contributed by atoms with Crippen LogP contribution in [-0.2, 0) is 11.3 Å². The summed E-state index contributed by atoms with van der Waals surface area (Å²) in [6.45, 7) is 3.84. The molecule has 0 unspecified atom stereocenters. The van der Waals surface area contributed by atoms with Crippen LogP contribution < -0.4 is 10.9 Å². The third kappa shape index (κ3) is 2.47. The van der Waals surface area contributed by atoms with Crippen LogP contribution in [0.15, 0.2) is 39.8 Å². The Morgan fingerprint density at radius 2 is 2.18 bits per heavy atom. The molecule has 22 heavy (non-hydrogen) atoms. The third-order valence-corrected chi connectivity index (χ3v) is 3.68. The molecule has 3 rings (SSSR count). The van der Waals surface area contributed by atoms with E-state index in [0.717, 1.165) is 11.8 Å². The minimum atomic E-state index is -0.347. The van der Waals surface area contributed by atoms with E-state index in [1.807, 2.05) is 32.0 Å². The number of hydrogen-bond donors (Lipinski definition) is 1. The zero-order chi connectivity index (χ0) is 15.7. The molecule has 0 aliphatic carbocycles. The lowest BCUT2D eigenvalue weighted by atomic mass is 10.2. The lowest BCUT2D eigenvalue weighted by Gasteiger charge is -2.11. The molecular weight excluding hydrogens is 282 g/mol. The first-order valence-electron chi connectivity index (χ1n) is 7.26. The van der Waals surface area contributed by atoms with E-state index in [0.29, 0.717) is 11.1 Å². The molecule has 1 N–H and O–H groups in total. The fraction of sp³-hybridized carbons (Fsp3) is 0.312. The molecule has 0 spiro atoms. The number of carbonyl (C=O) groups is 1. The van der Waals surface area contributed by atoms with Crippen LogP contribution in [0.4, 0.5) is 0 Å². The van der Waals surface area contributed by atoms with E-state index >= 15 is 0 Å². The van der Waals surface area contributed by atoms with Gasteiger partial charge in [0.25, 0.3) is 5.56 Å². The van der Waals surface area contributed by atoms with Gasteiger partial charge in [0.05, 0.1) is 6.33 Å². The number of furan rings is 1. The van der Waals surface area contributed by atoms with Crippen molar-refractivity contribution < 1.29 is 9.21 Å². The van der Waals surface area contributed by atoms with Gasteiger partial charge in [-0.2, -0.15) is 0 Å². The number of fused-ring (bicyclic) bond motifs is 3. The summed E-state index contributed by atoms with van der Waals surface area (Å²) in [5, 5.41) is 3.62. The van der Waals surface area contributed by atoms with Crippen molar-refractivity contribution in [3.8, 4) is 0 Å². The Morgan fingerprint density at radius 3 is 2.95 bits per heavy atom. The fourth-order valence-corrected chi connectivity index (χ4v) is 2.31. The van der Waals surface area contributed by atoms with Gasteiger partial charge in [-0.3, -0.25) is 14.2 Å². The van der Waals surface area contributed by atoms with Crippen molar-refractivity contribution >= 4 is 28.0 Å². The van der Waals surface area contributed by atoms with Gasteiger partial charge >= 0.3 is 0 Å². The molecule has 0 radical (unpaired) electrons. The van der Waals surface area contributed by atoms with Gasteiger partial charge in [-0.05, 0) is 25.5 Å². The highest BCUT2D eigenvalue weighted by atomic mass is 16.3. The summed E-state index contributed by atoms with van der Waals surface area (Å²) in [4.78, 5) is 28.6. The molecule has 3 aromatic rings. The number of rotatable bonds is 4. The second-order valence-corrected chi connectivity index (χ2v) is 5.33. The summed E-state index contributed by atoms with van der Waals surface area (Å²) in [6, 6.07) is 7.42. The minimum absolute atomic E-state index is 0.0663. The van der Waals surface area contributed by atoms with Gasteiger partial charge in [-0.25, -0.2) is 4.98 Å². The largest absolute Gasteiger partial charge is 0.448 e. The molecule has 0 fully saturated rings. The number of nitrogens with one attached hydrogen (secondary N) is 1. The van der Waals surface area contributed by atoms with Gasteiger partial charge in [0.2, 0.25) is 11.5 Å². The van der Waals surface area contributed by atoms with E-state index in [4.69, 9.17) is 4.42 Å². The van der Waals surface area contributed by atoms with E-state index in [2.05, 4.69) is 10.3 Å². The summed E-state index contributed by atoms with van der Waals surface area (Å²) in [5.41, 5.74) is 0.976. The Labute approximate surface area is 126 Å². The van der Waals surface area contributed by atoms with Gasteiger partial charge in [0.1, 0.15) is 17.6 Å². The molecule has 0 aliphatic heterocycles. The molecular formula is C16H17N3O3. The highest BCUT2D eigenvalue weighted by Crippen LogP contribution is 2.23. The van der Waals surface area contributed by atoms with Crippen LogP contribution in [0, 0.1) is 0 Å². The number of benzene rings is 1. The Morgan fingerprint density at radius 1 is 1.41 bits per heavy atom. The lowest BCUT2D eigenvalue weighted by Crippen LogP contribution is -2.37. The SMILES string of the molecule is CC[C@@H](C)NC(=O)Cn1cnc2c(oc3ccccc32)c1=O. The van der Waals surface area contributed by atoms with E-state index in [1.54, 1.807) is 6.07 Å². The van der Waals surface area contributed by atoms with Crippen molar-refractivity contribution in [3.63, 3.8) is 0 Å². The average molecular weight is 299 g/mol. The summed E-state index contributed by atoms with van der Waals surface area (Å²) in [6.07, 6.45) is 2.23. The third-order valence-electron chi connectivity index (χ3n) is 3.68. The maximum Gasteiger partial charge on any atom is 0.297 e. The standard InChI is InChI=1S/C16H17N3O3/c1-3-10(2)18-13(20)8-19-9-17-14-11-6-4-5-7-12(11)22-15(14)16(19)21/h4-7,9-10H,3,8H2,1-2H3,(H,18,20)/t10-/m1/s1. The molecule has 0 aliphatic rings. The Hall–Kier alpha value is -2.63. The minimum Gasteiger partial charge on any atom is -0.448 e. The van der Waals surface area contributed by atoms with Crippen molar-refractivity contribution in [1.29, 1.82) is 0 Å². The molecule has 2 heterocycles. The molecule has 2 aromatic heterocycles. The second-order valence-electron chi connectivity index (χ2n) is 5.33. The van der Waals surface area contributed by atoms with Crippen LogP contribution in [0.1, 0.15) is 20.3 Å². The van der Waals surface area contributed by atoms with Crippen LogP contribution >= 0.6 is 0 Å². The number of para-hydroxylation sites is 1. The predicted octanol–water partition coefficient (Wildman–Crippen LogP) is 2.06. The van der Waals surface area contributed by atoms with E-state index < -0.39 is 0 Å². The quantitative estimate of drug-likeness (QED) is 0.800. The Balaban J connectivity index is 1.98. The van der Waals surface area contributed by atoms with Crippen LogP contribution in [0.5, 0.6) is 0 Å². The van der Waals surface area contributed by atoms with Crippen LogP contribution in [-0.4, -0.2) is 21.5 Å². The van der Waals surface area contributed by atoms with Crippen molar-refractivity contribution in [1.82, 2.24) is 14.9 Å². The normalized spacial score (nSPS) is 12.6. The number of aromatic nitrogens is 2. The Bertz CT molecular complexity index is 894. The van der Waals surface area contributed by atoms with Gasteiger partial charge < -0.3 is 9.73 Å². The van der Waals surface area contributed by atoms with Crippen LogP contribution in [0.2, 0.25) is 0 Å². The molecule has 6 nitrogen and oxygen atoms in total. The predicted molar refractivity (Wildman–Crippen MR) is 83.7 cm³/mol. The van der Waals surface area contributed by atoms with Gasteiger partial charge in [0, 0.05) is 11.4 Å². The number of hydrogen-bond acceptors (Lipinski definition) is 4. The first kappa shape index (κ1) is 14.3. The maximum atomic E-state index is 12.4. The van der Waals surface area contributed by atoms with Crippen molar-refractivity contribution in [2.24, 2.45) is 0 Å². The molecule has 1 amide bonds. The van der Waals surface area contributed by atoms with Gasteiger partial charge in [0.15, 0.2) is 0 Å². The van der Waals surface area contributed by atoms with Gasteiger partial charge in [-0.1, -0.05) is 19.1 Å². The number of amides is 1. The monoisotopic (exact) mass is 299 g/mol. The van der Waals surface area contributed by atoms with Crippen molar-refractivity contribution in [3.05, 3.63) is 40.9 Å². The first-order valence-corrected chi connectivity index (χ1v) is 7.26. The summed E-state index contributed by atoms with van der Waals surface area (Å²) in [5.74, 6) is -0.214. The lowest BCUT2D eigenvalue weighted by molar-refractivity contribution is -0.122. The molecule has 0 bridgehead atoms. The molecule has 0 saturated heterocycles. The molecule has 1 aromatic carbocycles. The Kier molecular flexibility index (Phi) is 3.66. The summed E-state index contributed by atoms with van der Waals surface area (Å²) >= 11 is 0. The highest BCUT2D eigenvalue weighted by molar-refractivity contribution is 6.01. The van der Waals surface area contributed by atoms with Crippen molar-refractivity contribution in [2.75, 3.05) is 0 Å². The van der Waals surface area contributed by atoms with E-state index in [1.165, 1.54) is 10.9 Å². The smallest absolute Gasteiger partial charge is 0.297 e. The van der Waals surface area contributed by atoms with Crippen LogP contribution in [0.25, 0.3) is 22.1 Å². The average Bonchev–Trinajstić information content (AvgIpc) is 2.89. The van der Waals surface area contributed by atoms with E-state index in [-0.39, 0.29) is 29.6 Å². The zero-order valence-corrected chi connectivity index (χ0v) is 12.5. The summed E-state index contributed by atoms with van der Waals surface area (Å²) in [7, 11) is 0. The fourth-order valence-electron chi connectivity index (χ4n) is 2.31. The molecule has 114 valence electrons. The van der Waals surface area contributed by atoms with Gasteiger partial charge in [-0.15, -0.1) is 0 Å². The summed E-state index contributed by atoms with van der Waals surface area (Å²) < 4.78 is 6.85. The number of carbonyl (C=O) groups excluding carboxylic acids is 1. The van der Waals surface area contributed by atoms with Crippen molar-refractivity contribution in [2.45, 2.75) is 32.9 Å². The molecule has 0 saturated carbocycles. The number of nitrogens with zero attached hydrogens (tertiary/aromatic N) is 2. The first-order chi connectivity index (χ1) is 10.6.